The average Bonchev–Trinajstić information content (AvgIpc) is 4.41. The van der Waals surface area contributed by atoms with Gasteiger partial charge in [-0.3, -0.25) is 38.4 Å². The van der Waals surface area contributed by atoms with E-state index in [0.29, 0.717) is 24.9 Å². The quantitative estimate of drug-likeness (QED) is 0.0367. The minimum atomic E-state index is -2.43. The molecule has 7 rings (SSSR count). The molecule has 23 nitrogen and oxygen atoms in total. The number of methoxy groups -OCH3 is 1. The average molecular weight is 1130 g/mol. The molecular formula is C58H76N6O17. The van der Waals surface area contributed by atoms with Crippen LogP contribution >= 0.6 is 0 Å². The summed E-state index contributed by atoms with van der Waals surface area (Å²) in [4.78, 5) is 112. The fraction of sp³-hybridized carbons (Fsp3) is 0.552. The van der Waals surface area contributed by atoms with Crippen molar-refractivity contribution in [3.63, 3.8) is 0 Å². The second-order valence-electron chi connectivity index (χ2n) is 23.1. The number of amides is 5. The minimum Gasteiger partial charge on any atom is -0.507 e. The number of Topliss-reactive ketones (excluding diaryl/α,β-unsaturated/α-hetero) is 1. The van der Waals surface area contributed by atoms with Crippen molar-refractivity contribution in [1.29, 1.82) is 0 Å². The zero-order valence-electron chi connectivity index (χ0n) is 47.1. The number of nitrogens with zero attached hydrogens (tertiary/aromatic N) is 1. The third-order valence-corrected chi connectivity index (χ3v) is 16.0. The molecule has 440 valence electrons. The monoisotopic (exact) mass is 1130 g/mol. The largest absolute Gasteiger partial charge is 0.507 e. The van der Waals surface area contributed by atoms with E-state index in [2.05, 4.69) is 26.6 Å². The van der Waals surface area contributed by atoms with Crippen LogP contribution in [-0.2, 0) is 50.2 Å². The molecule has 0 saturated carbocycles. The van der Waals surface area contributed by atoms with Crippen LogP contribution in [0.3, 0.4) is 0 Å². The fourth-order valence-corrected chi connectivity index (χ4v) is 11.5. The molecule has 10 unspecified atom stereocenters. The summed E-state index contributed by atoms with van der Waals surface area (Å²) >= 11 is 0. The van der Waals surface area contributed by atoms with E-state index in [-0.39, 0.29) is 59.2 Å². The number of carbonyl (C=O) groups is 8. The van der Waals surface area contributed by atoms with Crippen LogP contribution in [-0.4, -0.2) is 170 Å². The number of β-amino-alcohol motifs (C(OH)–C–C–N with tert-alkyl or cyclic N) is 1. The minimum absolute atomic E-state index is 0.0183. The van der Waals surface area contributed by atoms with Crippen molar-refractivity contribution >= 4 is 46.9 Å². The van der Waals surface area contributed by atoms with Gasteiger partial charge in [0.15, 0.2) is 23.4 Å². The Hall–Kier alpha value is -6.86. The summed E-state index contributed by atoms with van der Waals surface area (Å²) in [5.74, 6) is -7.63. The summed E-state index contributed by atoms with van der Waals surface area (Å²) in [5, 5.41) is 80.5. The van der Waals surface area contributed by atoms with E-state index in [1.807, 2.05) is 34.6 Å². The van der Waals surface area contributed by atoms with Crippen molar-refractivity contribution in [2.45, 2.75) is 153 Å². The number of ketones is 3. The predicted molar refractivity (Wildman–Crippen MR) is 290 cm³/mol. The number of aromatic hydroxyl groups is 2. The van der Waals surface area contributed by atoms with Crippen molar-refractivity contribution < 1.29 is 83.2 Å². The number of hydrogen-bond acceptors (Lipinski definition) is 18. The highest BCUT2D eigenvalue weighted by atomic mass is 16.7. The van der Waals surface area contributed by atoms with Crippen LogP contribution in [0.5, 0.6) is 17.2 Å². The van der Waals surface area contributed by atoms with Gasteiger partial charge in [0.1, 0.15) is 41.6 Å². The van der Waals surface area contributed by atoms with Gasteiger partial charge in [0, 0.05) is 53.5 Å². The Morgan fingerprint density at radius 2 is 1.59 bits per heavy atom. The van der Waals surface area contributed by atoms with Gasteiger partial charge in [-0.2, -0.15) is 0 Å². The van der Waals surface area contributed by atoms with Crippen molar-refractivity contribution in [3.8, 4) is 17.2 Å². The van der Waals surface area contributed by atoms with E-state index in [1.165, 1.54) is 37.1 Å². The number of hydrogen-bond donors (Lipinski definition) is 11. The van der Waals surface area contributed by atoms with Crippen LogP contribution in [0.2, 0.25) is 0 Å². The van der Waals surface area contributed by atoms with E-state index in [9.17, 15) is 69.0 Å². The van der Waals surface area contributed by atoms with E-state index in [4.69, 9.17) is 14.2 Å². The number of rotatable bonds is 23. The van der Waals surface area contributed by atoms with Gasteiger partial charge < -0.3 is 76.3 Å². The number of aliphatic hydroxyl groups excluding tert-OH is 3. The third kappa shape index (κ3) is 12.6. The first kappa shape index (κ1) is 61.8. The highest BCUT2D eigenvalue weighted by Gasteiger charge is 2.62. The summed E-state index contributed by atoms with van der Waals surface area (Å²) < 4.78 is 17.6. The van der Waals surface area contributed by atoms with Crippen molar-refractivity contribution in [2.75, 3.05) is 39.9 Å². The lowest BCUT2D eigenvalue weighted by molar-refractivity contribution is -0.249. The molecule has 2 saturated heterocycles. The molecule has 3 aromatic carbocycles. The van der Waals surface area contributed by atoms with Crippen LogP contribution in [0, 0.1) is 11.3 Å². The number of carbonyl (C=O) groups excluding carboxylic acids is 8. The van der Waals surface area contributed by atoms with E-state index < -0.39 is 161 Å². The maximum absolute atomic E-state index is 14.5. The van der Waals surface area contributed by atoms with Crippen molar-refractivity contribution in [3.05, 3.63) is 87.5 Å². The smallest absolute Gasteiger partial charge is 0.253 e. The zero-order chi connectivity index (χ0) is 59.7. The Kier molecular flexibility index (Phi) is 18.5. The number of phenolic OH excluding ortho intramolecular Hbond substituents is 2. The number of phenols is 2. The van der Waals surface area contributed by atoms with E-state index in [0.717, 1.165) is 0 Å². The van der Waals surface area contributed by atoms with Crippen LogP contribution in [0.1, 0.15) is 142 Å². The molecule has 0 radical (unpaired) electrons. The second-order valence-corrected chi connectivity index (χ2v) is 23.1. The number of aliphatic hydroxyl groups is 4. The van der Waals surface area contributed by atoms with Gasteiger partial charge in [-0.15, -0.1) is 0 Å². The number of benzene rings is 3. The molecule has 11 N–H and O–H groups in total. The molecule has 3 aromatic rings. The van der Waals surface area contributed by atoms with Gasteiger partial charge in [0.2, 0.25) is 29.4 Å². The number of ether oxygens (including phenoxy) is 3. The molecule has 4 aliphatic rings. The highest BCUT2D eigenvalue weighted by molar-refractivity contribution is 6.31. The number of nitrogens with one attached hydrogen (secondary N) is 5. The lowest BCUT2D eigenvalue weighted by Crippen LogP contribution is -2.57. The van der Waals surface area contributed by atoms with Gasteiger partial charge in [0.25, 0.3) is 5.91 Å². The SMILES string of the molecule is CCC(C)(CC(C)(C)NCC(C)O)C(=O)NCC(=O)N1CC1(C(=O)NC(CC(C)C)C(=O)NCC(=O)NC1CC(OC2CC(O)(C(=O)CO)Cc3c(O)c4c(c(O)c32)C(=O)c2c(OC)cccc2C4=O)OC(C)C1O)c1ccccc1. The normalized spacial score (nSPS) is 24.6. The lowest BCUT2D eigenvalue weighted by atomic mass is 9.72. The predicted octanol–water partition coefficient (Wildman–Crippen LogP) is 1.22. The highest BCUT2D eigenvalue weighted by Crippen LogP contribution is 2.53. The van der Waals surface area contributed by atoms with Gasteiger partial charge in [-0.05, 0) is 64.5 Å². The van der Waals surface area contributed by atoms with Crippen LogP contribution in [0.25, 0.3) is 0 Å². The molecule has 2 aliphatic carbocycles. The molecule has 0 spiro atoms. The first-order chi connectivity index (χ1) is 38.1. The van der Waals surface area contributed by atoms with Gasteiger partial charge in [-0.25, -0.2) is 0 Å². The summed E-state index contributed by atoms with van der Waals surface area (Å²) in [6.07, 6.45) is -6.71. The molecule has 2 heterocycles. The molecule has 0 aromatic heterocycles. The fourth-order valence-electron chi connectivity index (χ4n) is 11.5. The Balaban J connectivity index is 1.03. The standard InChI is InChI=1S/C58H76N6O17/c1-10-56(8,27-55(6,7)61-23-30(4)66)53(76)60-25-41(69)64-28-58(64,32-15-12-11-13-16-32)54(77)63-36(19-29(2)3)52(75)59-24-40(68)62-35-20-42(80-31(5)47(35)70)81-38-22-57(78,39(67)26-65)21-34-44(38)51(74)46-45(49(34)72)48(71)33-17-14-18-37(79-9)43(33)50(46)73/h11-18,29-31,35-36,38,42,47,61,65-66,70,72,74,78H,10,19-28H2,1-9H3,(H,59,75)(H,60,76)(H,62,68)(H,63,77). The topological polar surface area (TPSA) is 349 Å². The first-order valence-electron chi connectivity index (χ1n) is 27.2. The van der Waals surface area contributed by atoms with Crippen LogP contribution in [0.4, 0.5) is 0 Å². The second kappa shape index (κ2) is 24.3. The maximum atomic E-state index is 14.5. The van der Waals surface area contributed by atoms with Gasteiger partial charge in [-0.1, -0.05) is 70.2 Å². The molecule has 2 fully saturated rings. The summed E-state index contributed by atoms with van der Waals surface area (Å²) in [7, 11) is 1.28. The summed E-state index contributed by atoms with van der Waals surface area (Å²) in [5.41, 5.74) is -6.97. The van der Waals surface area contributed by atoms with Gasteiger partial charge >= 0.3 is 0 Å². The summed E-state index contributed by atoms with van der Waals surface area (Å²) in [6, 6.07) is 10.4. The molecule has 5 amide bonds. The number of fused-ring (bicyclic) bond motifs is 3. The van der Waals surface area contributed by atoms with E-state index >= 15 is 0 Å². The zero-order valence-corrected chi connectivity index (χ0v) is 47.1. The summed E-state index contributed by atoms with van der Waals surface area (Å²) in [6.45, 7) is 12.4. The van der Waals surface area contributed by atoms with Crippen LogP contribution in [0.15, 0.2) is 48.5 Å². The molecule has 0 bridgehead atoms. The van der Waals surface area contributed by atoms with Crippen molar-refractivity contribution in [1.82, 2.24) is 31.5 Å². The first-order valence-corrected chi connectivity index (χ1v) is 27.2. The van der Waals surface area contributed by atoms with E-state index in [1.54, 1.807) is 44.2 Å². The Bertz CT molecular complexity index is 2950. The van der Waals surface area contributed by atoms with Crippen molar-refractivity contribution in [2.24, 2.45) is 11.3 Å². The third-order valence-electron chi connectivity index (χ3n) is 16.0. The molecule has 23 heteroatoms. The van der Waals surface area contributed by atoms with Crippen LogP contribution < -0.4 is 31.3 Å². The molecule has 10 atom stereocenters. The lowest BCUT2D eigenvalue weighted by Gasteiger charge is -2.43. The van der Waals surface area contributed by atoms with Gasteiger partial charge in [0.05, 0.1) is 67.8 Å². The Morgan fingerprint density at radius 1 is 0.914 bits per heavy atom. The molecule has 2 aliphatic heterocycles. The Labute approximate surface area is 469 Å². The molecule has 81 heavy (non-hydrogen) atoms. The Morgan fingerprint density at radius 3 is 2.22 bits per heavy atom. The maximum Gasteiger partial charge on any atom is 0.253 e. The molecular weight excluding hydrogens is 1050 g/mol.